The maximum Gasteiger partial charge on any atom is 0.185 e. The van der Waals surface area contributed by atoms with Crippen molar-refractivity contribution in [3.8, 4) is 0 Å². The molecule has 1 aromatic rings. The van der Waals surface area contributed by atoms with E-state index < -0.39 is 0 Å². The average molecular weight is 214 g/mol. The van der Waals surface area contributed by atoms with Crippen LogP contribution >= 0.6 is 11.3 Å². The summed E-state index contributed by atoms with van der Waals surface area (Å²) in [5, 5.41) is 10.2. The fourth-order valence-electron chi connectivity index (χ4n) is 1.10. The summed E-state index contributed by atoms with van der Waals surface area (Å²) in [6, 6.07) is 0. The second-order valence-corrected chi connectivity index (χ2v) is 4.88. The predicted octanol–water partition coefficient (Wildman–Crippen LogP) is 1.97. The van der Waals surface area contributed by atoms with Crippen molar-refractivity contribution in [3.05, 3.63) is 10.6 Å². The van der Waals surface area contributed by atoms with Crippen LogP contribution in [-0.4, -0.2) is 29.8 Å². The molecule has 0 aliphatic rings. The van der Waals surface area contributed by atoms with Gasteiger partial charge in [-0.3, -0.25) is 0 Å². The molecule has 0 saturated carbocycles. The van der Waals surface area contributed by atoms with Crippen LogP contribution in [0.3, 0.4) is 0 Å². The van der Waals surface area contributed by atoms with Gasteiger partial charge in [0.25, 0.3) is 0 Å². The van der Waals surface area contributed by atoms with Crippen LogP contribution in [0.4, 0.5) is 5.13 Å². The van der Waals surface area contributed by atoms with Crippen LogP contribution in [0.1, 0.15) is 23.9 Å². The highest BCUT2D eigenvalue weighted by atomic mass is 32.1. The quantitative estimate of drug-likeness (QED) is 0.832. The minimum Gasteiger partial charge on any atom is -0.393 e. The van der Waals surface area contributed by atoms with E-state index in [1.54, 1.807) is 11.3 Å². The van der Waals surface area contributed by atoms with Crippen molar-refractivity contribution in [1.82, 2.24) is 4.98 Å². The van der Waals surface area contributed by atoms with Crippen LogP contribution in [0.2, 0.25) is 0 Å². The Morgan fingerprint density at radius 3 is 2.57 bits per heavy atom. The van der Waals surface area contributed by atoms with E-state index in [2.05, 4.69) is 16.8 Å². The lowest BCUT2D eigenvalue weighted by molar-refractivity contribution is 0.187. The van der Waals surface area contributed by atoms with Gasteiger partial charge in [-0.05, 0) is 27.2 Å². The summed E-state index contributed by atoms with van der Waals surface area (Å²) in [4.78, 5) is 7.81. The van der Waals surface area contributed by atoms with Gasteiger partial charge < -0.3 is 10.0 Å². The predicted molar refractivity (Wildman–Crippen MR) is 61.2 cm³/mol. The monoisotopic (exact) mass is 214 g/mol. The zero-order chi connectivity index (χ0) is 10.7. The molecule has 0 spiro atoms. The maximum absolute atomic E-state index is 9.16. The fourth-order valence-corrected chi connectivity index (χ4v) is 1.99. The van der Waals surface area contributed by atoms with Crippen molar-refractivity contribution >= 4 is 16.5 Å². The van der Waals surface area contributed by atoms with Gasteiger partial charge in [-0.2, -0.15) is 0 Å². The molecular formula is C10H18N2OS. The fraction of sp³-hybridized carbons (Fsp3) is 0.700. The summed E-state index contributed by atoms with van der Waals surface area (Å²) >= 11 is 1.71. The summed E-state index contributed by atoms with van der Waals surface area (Å²) in [7, 11) is 2.01. The molecule has 0 saturated heterocycles. The van der Waals surface area contributed by atoms with Crippen molar-refractivity contribution < 1.29 is 5.11 Å². The van der Waals surface area contributed by atoms with Gasteiger partial charge in [-0.25, -0.2) is 4.98 Å². The Morgan fingerprint density at radius 1 is 1.50 bits per heavy atom. The zero-order valence-electron chi connectivity index (χ0n) is 9.24. The van der Waals surface area contributed by atoms with E-state index in [-0.39, 0.29) is 6.10 Å². The van der Waals surface area contributed by atoms with Crippen LogP contribution in [0.25, 0.3) is 0 Å². The first-order valence-corrected chi connectivity index (χ1v) is 5.65. The topological polar surface area (TPSA) is 36.4 Å². The van der Waals surface area contributed by atoms with Gasteiger partial charge >= 0.3 is 0 Å². The second kappa shape index (κ2) is 4.75. The van der Waals surface area contributed by atoms with Crippen LogP contribution in [0.15, 0.2) is 0 Å². The number of thiazole rings is 1. The SMILES string of the molecule is Cc1nc(N(C)CCC(C)O)sc1C. The molecule has 0 aliphatic carbocycles. The van der Waals surface area contributed by atoms with Gasteiger partial charge in [-0.15, -0.1) is 11.3 Å². The highest BCUT2D eigenvalue weighted by molar-refractivity contribution is 7.15. The number of aliphatic hydroxyl groups is 1. The molecular weight excluding hydrogens is 196 g/mol. The number of nitrogens with zero attached hydrogens (tertiary/aromatic N) is 2. The summed E-state index contributed by atoms with van der Waals surface area (Å²) in [6.45, 7) is 6.77. The summed E-state index contributed by atoms with van der Waals surface area (Å²) < 4.78 is 0. The van der Waals surface area contributed by atoms with Crippen LogP contribution < -0.4 is 4.90 Å². The van der Waals surface area contributed by atoms with Gasteiger partial charge in [0.2, 0.25) is 0 Å². The molecule has 1 aromatic heterocycles. The van der Waals surface area contributed by atoms with Crippen LogP contribution in [0, 0.1) is 13.8 Å². The summed E-state index contributed by atoms with van der Waals surface area (Å²) in [6.07, 6.45) is 0.549. The third-order valence-electron chi connectivity index (χ3n) is 2.23. The van der Waals surface area contributed by atoms with Gasteiger partial charge in [-0.1, -0.05) is 0 Å². The van der Waals surface area contributed by atoms with Gasteiger partial charge in [0.1, 0.15) is 0 Å². The van der Waals surface area contributed by atoms with Gasteiger partial charge in [0.05, 0.1) is 11.8 Å². The Bertz CT molecular complexity index is 277. The first-order chi connectivity index (χ1) is 6.50. The lowest BCUT2D eigenvalue weighted by atomic mass is 10.3. The van der Waals surface area contributed by atoms with Crippen molar-refractivity contribution in [2.75, 3.05) is 18.5 Å². The Balaban J connectivity index is 2.56. The van der Waals surface area contributed by atoms with Crippen molar-refractivity contribution in [1.29, 1.82) is 0 Å². The smallest absolute Gasteiger partial charge is 0.185 e. The minimum absolute atomic E-state index is 0.236. The van der Waals surface area contributed by atoms with E-state index in [4.69, 9.17) is 5.11 Å². The molecule has 80 valence electrons. The van der Waals surface area contributed by atoms with E-state index in [9.17, 15) is 0 Å². The number of aliphatic hydroxyl groups excluding tert-OH is 1. The largest absolute Gasteiger partial charge is 0.393 e. The molecule has 0 amide bonds. The van der Waals surface area contributed by atoms with Crippen molar-refractivity contribution in [2.24, 2.45) is 0 Å². The third kappa shape index (κ3) is 2.96. The first kappa shape index (κ1) is 11.5. The van der Waals surface area contributed by atoms with E-state index in [1.165, 1.54) is 4.88 Å². The number of rotatable bonds is 4. The molecule has 1 atom stereocenters. The van der Waals surface area contributed by atoms with E-state index in [1.807, 2.05) is 20.9 Å². The molecule has 0 aliphatic heterocycles. The number of anilines is 1. The molecule has 0 radical (unpaired) electrons. The molecule has 14 heavy (non-hydrogen) atoms. The Kier molecular flexibility index (Phi) is 3.89. The molecule has 1 unspecified atom stereocenters. The summed E-state index contributed by atoms with van der Waals surface area (Å²) in [5.74, 6) is 0. The van der Waals surface area contributed by atoms with Gasteiger partial charge in [0, 0.05) is 18.5 Å². The molecule has 1 heterocycles. The van der Waals surface area contributed by atoms with Gasteiger partial charge in [0.15, 0.2) is 5.13 Å². The van der Waals surface area contributed by atoms with Crippen molar-refractivity contribution in [3.63, 3.8) is 0 Å². The number of hydrogen-bond donors (Lipinski definition) is 1. The van der Waals surface area contributed by atoms with E-state index >= 15 is 0 Å². The number of aromatic nitrogens is 1. The number of aryl methyl sites for hydroxylation is 2. The molecule has 0 aromatic carbocycles. The van der Waals surface area contributed by atoms with Crippen molar-refractivity contribution in [2.45, 2.75) is 33.3 Å². The third-order valence-corrected chi connectivity index (χ3v) is 3.41. The first-order valence-electron chi connectivity index (χ1n) is 4.84. The Hall–Kier alpha value is -0.610. The minimum atomic E-state index is -0.236. The molecule has 3 nitrogen and oxygen atoms in total. The zero-order valence-corrected chi connectivity index (χ0v) is 10.1. The standard InChI is InChI=1S/C10H18N2OS/c1-7(13)5-6-12(4)10-11-8(2)9(3)14-10/h7,13H,5-6H2,1-4H3. The van der Waals surface area contributed by atoms with E-state index in [0.717, 1.165) is 23.8 Å². The molecule has 0 bridgehead atoms. The second-order valence-electron chi connectivity index (χ2n) is 3.70. The summed E-state index contributed by atoms with van der Waals surface area (Å²) in [5.41, 5.74) is 1.11. The lowest BCUT2D eigenvalue weighted by Crippen LogP contribution is -2.21. The van der Waals surface area contributed by atoms with Crippen LogP contribution in [0.5, 0.6) is 0 Å². The molecule has 0 fully saturated rings. The Labute approximate surface area is 89.4 Å². The average Bonchev–Trinajstić information content (AvgIpc) is 2.43. The normalized spacial score (nSPS) is 12.9. The lowest BCUT2D eigenvalue weighted by Gasteiger charge is -2.16. The maximum atomic E-state index is 9.16. The molecule has 1 rings (SSSR count). The van der Waals surface area contributed by atoms with E-state index in [0.29, 0.717) is 0 Å². The highest BCUT2D eigenvalue weighted by Gasteiger charge is 2.08. The van der Waals surface area contributed by atoms with Crippen LogP contribution in [-0.2, 0) is 0 Å². The molecule has 1 N–H and O–H groups in total. The number of hydrogen-bond acceptors (Lipinski definition) is 4. The highest BCUT2D eigenvalue weighted by Crippen LogP contribution is 2.24. The Morgan fingerprint density at radius 2 is 2.14 bits per heavy atom. The molecule has 4 heteroatoms.